The molecule has 0 saturated heterocycles. The summed E-state index contributed by atoms with van der Waals surface area (Å²) in [7, 11) is 1.60. The largest absolute Gasteiger partial charge is 0.208 e. The molecule has 87 valence electrons. The highest BCUT2D eigenvalue weighted by atomic mass is 19.2. The lowest BCUT2D eigenvalue weighted by Gasteiger charge is -2.20. The maximum atomic E-state index is 13.9. The molecule has 0 N–H and O–H groups in total. The molecule has 1 atom stereocenters. The van der Waals surface area contributed by atoms with Gasteiger partial charge in [-0.2, -0.15) is 0 Å². The third-order valence-electron chi connectivity index (χ3n) is 3.13. The second-order valence-electron chi connectivity index (χ2n) is 4.31. The summed E-state index contributed by atoms with van der Waals surface area (Å²) < 4.78 is 27.6. The quantitative estimate of drug-likeness (QED) is 0.666. The number of rotatable bonds is 2. The van der Waals surface area contributed by atoms with Gasteiger partial charge in [-0.05, 0) is 18.9 Å². The van der Waals surface area contributed by atoms with E-state index < -0.39 is 17.6 Å². The number of halogens is 2. The summed E-state index contributed by atoms with van der Waals surface area (Å²) in [5.74, 6) is -1.84. The van der Waals surface area contributed by atoms with Gasteiger partial charge in [0.05, 0.1) is 0 Å². The van der Waals surface area contributed by atoms with Crippen molar-refractivity contribution in [3.8, 4) is 0 Å². The SMILES string of the molecule is C[B]C1=CCC(c2ccc(C)cc2)C(F)=C1F. The minimum Gasteiger partial charge on any atom is -0.208 e. The molecule has 1 aromatic rings. The molecule has 1 aliphatic carbocycles. The van der Waals surface area contributed by atoms with Crippen molar-refractivity contribution >= 4 is 7.28 Å². The first-order valence-electron chi connectivity index (χ1n) is 5.75. The van der Waals surface area contributed by atoms with Crippen molar-refractivity contribution in [1.29, 1.82) is 0 Å². The van der Waals surface area contributed by atoms with Crippen LogP contribution in [0.15, 0.2) is 47.5 Å². The van der Waals surface area contributed by atoms with Crippen LogP contribution in [-0.2, 0) is 0 Å². The molecule has 1 aromatic carbocycles. The lowest BCUT2D eigenvalue weighted by Crippen LogP contribution is -2.08. The molecule has 3 heteroatoms. The van der Waals surface area contributed by atoms with Crippen molar-refractivity contribution in [2.45, 2.75) is 26.1 Å². The van der Waals surface area contributed by atoms with Crippen molar-refractivity contribution in [3.63, 3.8) is 0 Å². The highest BCUT2D eigenvalue weighted by Gasteiger charge is 2.25. The van der Waals surface area contributed by atoms with Gasteiger partial charge in [-0.25, -0.2) is 8.78 Å². The number of aryl methyl sites for hydroxylation is 1. The number of allylic oxidation sites excluding steroid dienone is 4. The van der Waals surface area contributed by atoms with Crippen molar-refractivity contribution in [2.24, 2.45) is 0 Å². The molecule has 0 amide bonds. The Labute approximate surface area is 101 Å². The highest BCUT2D eigenvalue weighted by molar-refractivity contribution is 6.45. The Hall–Kier alpha value is -1.38. The summed E-state index contributed by atoms with van der Waals surface area (Å²) in [5, 5.41) is 0. The molecule has 0 aromatic heterocycles. The van der Waals surface area contributed by atoms with Gasteiger partial charge in [-0.1, -0.05) is 48.2 Å². The van der Waals surface area contributed by atoms with Gasteiger partial charge < -0.3 is 0 Å². The van der Waals surface area contributed by atoms with E-state index in [1.807, 2.05) is 31.2 Å². The van der Waals surface area contributed by atoms with Crippen LogP contribution in [0.25, 0.3) is 0 Å². The van der Waals surface area contributed by atoms with Crippen molar-refractivity contribution in [3.05, 3.63) is 58.6 Å². The Balaban J connectivity index is 2.32. The maximum absolute atomic E-state index is 13.9. The first kappa shape index (κ1) is 12.1. The van der Waals surface area contributed by atoms with Crippen LogP contribution < -0.4 is 0 Å². The number of benzene rings is 1. The Kier molecular flexibility index (Phi) is 3.46. The molecule has 0 spiro atoms. The molecule has 0 fully saturated rings. The molecule has 0 bridgehead atoms. The molecular weight excluding hydrogens is 217 g/mol. The van der Waals surface area contributed by atoms with Crippen molar-refractivity contribution in [2.75, 3.05) is 0 Å². The fraction of sp³-hybridized carbons (Fsp3) is 0.286. The topological polar surface area (TPSA) is 0 Å². The molecule has 1 radical (unpaired) electrons. The molecule has 2 rings (SSSR count). The van der Waals surface area contributed by atoms with E-state index in [1.165, 1.54) is 0 Å². The summed E-state index contributed by atoms with van der Waals surface area (Å²) in [6.45, 7) is 3.69. The summed E-state index contributed by atoms with van der Waals surface area (Å²) in [6.07, 6.45) is 2.27. The zero-order valence-electron chi connectivity index (χ0n) is 10.0. The van der Waals surface area contributed by atoms with Crippen LogP contribution in [0.4, 0.5) is 8.78 Å². The van der Waals surface area contributed by atoms with Crippen molar-refractivity contribution < 1.29 is 8.78 Å². The van der Waals surface area contributed by atoms with Crippen LogP contribution >= 0.6 is 0 Å². The van der Waals surface area contributed by atoms with Gasteiger partial charge in [-0.3, -0.25) is 0 Å². The van der Waals surface area contributed by atoms with Gasteiger partial charge in [0.25, 0.3) is 0 Å². The predicted molar refractivity (Wildman–Crippen MR) is 67.5 cm³/mol. The smallest absolute Gasteiger partial charge is 0.151 e. The van der Waals surface area contributed by atoms with Crippen LogP contribution in [0, 0.1) is 6.92 Å². The first-order valence-corrected chi connectivity index (χ1v) is 5.75. The maximum Gasteiger partial charge on any atom is 0.151 e. The number of hydrogen-bond donors (Lipinski definition) is 0. The van der Waals surface area contributed by atoms with Gasteiger partial charge >= 0.3 is 0 Å². The zero-order chi connectivity index (χ0) is 12.4. The molecule has 1 aliphatic rings. The first-order chi connectivity index (χ1) is 8.13. The van der Waals surface area contributed by atoms with Crippen LogP contribution in [0.3, 0.4) is 0 Å². The fourth-order valence-corrected chi connectivity index (χ4v) is 2.05. The monoisotopic (exact) mass is 231 g/mol. The fourth-order valence-electron chi connectivity index (χ4n) is 2.05. The van der Waals surface area contributed by atoms with Gasteiger partial charge in [0.15, 0.2) is 7.28 Å². The lowest BCUT2D eigenvalue weighted by atomic mass is 9.68. The second-order valence-corrected chi connectivity index (χ2v) is 4.31. The minimum atomic E-state index is -0.718. The second kappa shape index (κ2) is 4.86. The minimum absolute atomic E-state index is 0.367. The van der Waals surface area contributed by atoms with E-state index in [9.17, 15) is 8.78 Å². The molecule has 1 unspecified atom stereocenters. The Bertz CT molecular complexity index is 472. The van der Waals surface area contributed by atoms with Crippen LogP contribution in [0.5, 0.6) is 0 Å². The lowest BCUT2D eigenvalue weighted by molar-refractivity contribution is 0.480. The van der Waals surface area contributed by atoms with Gasteiger partial charge in [-0.15, -0.1) is 0 Å². The zero-order valence-corrected chi connectivity index (χ0v) is 10.0. The molecule has 0 nitrogen and oxygen atoms in total. The van der Waals surface area contributed by atoms with Crippen LogP contribution in [0.2, 0.25) is 6.82 Å². The van der Waals surface area contributed by atoms with E-state index in [-0.39, 0.29) is 0 Å². The van der Waals surface area contributed by atoms with Gasteiger partial charge in [0.1, 0.15) is 11.7 Å². The standard InChI is InChI=1S/C14H14BF2/c1-9-3-5-10(6-4-9)11-7-8-12(15-2)14(17)13(11)16/h3-6,8,11H,7H2,1-2H3. The number of hydrogen-bond acceptors (Lipinski definition) is 0. The van der Waals surface area contributed by atoms with E-state index in [0.29, 0.717) is 11.9 Å². The summed E-state index contributed by atoms with van der Waals surface area (Å²) in [5.41, 5.74) is 2.31. The van der Waals surface area contributed by atoms with Gasteiger partial charge in [0, 0.05) is 5.92 Å². The summed E-state index contributed by atoms with van der Waals surface area (Å²) in [6, 6.07) is 7.57. The Morgan fingerprint density at radius 2 is 1.82 bits per heavy atom. The van der Waals surface area contributed by atoms with Crippen LogP contribution in [0.1, 0.15) is 23.5 Å². The average Bonchev–Trinajstić information content (AvgIpc) is 2.34. The average molecular weight is 231 g/mol. The third kappa shape index (κ3) is 2.33. The Morgan fingerprint density at radius 1 is 1.18 bits per heavy atom. The van der Waals surface area contributed by atoms with E-state index in [0.717, 1.165) is 11.1 Å². The summed E-state index contributed by atoms with van der Waals surface area (Å²) >= 11 is 0. The summed E-state index contributed by atoms with van der Waals surface area (Å²) in [4.78, 5) is 0. The van der Waals surface area contributed by atoms with Gasteiger partial charge in [0.2, 0.25) is 0 Å². The van der Waals surface area contributed by atoms with E-state index in [1.54, 1.807) is 20.2 Å². The van der Waals surface area contributed by atoms with E-state index >= 15 is 0 Å². The third-order valence-corrected chi connectivity index (χ3v) is 3.13. The van der Waals surface area contributed by atoms with E-state index in [4.69, 9.17) is 0 Å². The van der Waals surface area contributed by atoms with Crippen molar-refractivity contribution in [1.82, 2.24) is 0 Å². The molecule has 17 heavy (non-hydrogen) atoms. The molecule has 0 saturated carbocycles. The highest BCUT2D eigenvalue weighted by Crippen LogP contribution is 2.38. The predicted octanol–water partition coefficient (Wildman–Crippen LogP) is 4.27. The normalized spacial score (nSPS) is 20.2. The molecule has 0 heterocycles. The molecule has 0 aliphatic heterocycles. The molecular formula is C14H14BF2. The van der Waals surface area contributed by atoms with E-state index in [2.05, 4.69) is 0 Å². The van der Waals surface area contributed by atoms with Crippen LogP contribution in [-0.4, -0.2) is 7.28 Å². The Morgan fingerprint density at radius 3 is 2.41 bits per heavy atom.